The van der Waals surface area contributed by atoms with Crippen LogP contribution in [0.15, 0.2) is 23.1 Å². The van der Waals surface area contributed by atoms with Crippen LogP contribution in [0.4, 0.5) is 0 Å². The van der Waals surface area contributed by atoms with Crippen molar-refractivity contribution in [3.05, 3.63) is 18.2 Å². The first-order chi connectivity index (χ1) is 8.23. The molecule has 3 nitrogen and oxygen atoms in total. The van der Waals surface area contributed by atoms with Crippen LogP contribution in [-0.4, -0.2) is 30.7 Å². The molecule has 17 heavy (non-hydrogen) atoms. The largest absolute Gasteiger partial charge is 0.493 e. The second-order valence-electron chi connectivity index (χ2n) is 4.31. The maximum absolute atomic E-state index is 9.45. The topological polar surface area (TPSA) is 38.7 Å². The first kappa shape index (κ1) is 12.6. The Kier molecular flexibility index (Phi) is 3.84. The highest BCUT2D eigenvalue weighted by atomic mass is 32.2. The summed E-state index contributed by atoms with van der Waals surface area (Å²) in [5, 5.41) is 9.45. The fourth-order valence-electron chi connectivity index (χ4n) is 1.99. The number of hydrogen-bond acceptors (Lipinski definition) is 4. The maximum Gasteiger partial charge on any atom is 0.161 e. The van der Waals surface area contributed by atoms with Gasteiger partial charge in [0.1, 0.15) is 0 Å². The normalized spacial score (nSPS) is 17.4. The van der Waals surface area contributed by atoms with Gasteiger partial charge < -0.3 is 14.6 Å². The molecule has 1 aromatic rings. The SMILES string of the molecule is COc1ccc(SC2(CO)CCC2)cc1OC. The third kappa shape index (κ3) is 2.53. The molecule has 0 radical (unpaired) electrons. The van der Waals surface area contributed by atoms with E-state index in [1.165, 1.54) is 6.42 Å². The molecule has 0 aromatic heterocycles. The van der Waals surface area contributed by atoms with Gasteiger partial charge in [-0.3, -0.25) is 0 Å². The van der Waals surface area contributed by atoms with Crippen LogP contribution in [0.5, 0.6) is 11.5 Å². The summed E-state index contributed by atoms with van der Waals surface area (Å²) in [4.78, 5) is 1.12. The highest BCUT2D eigenvalue weighted by Crippen LogP contribution is 2.48. The van der Waals surface area contributed by atoms with E-state index in [9.17, 15) is 5.11 Å². The zero-order valence-corrected chi connectivity index (χ0v) is 11.0. The van der Waals surface area contributed by atoms with E-state index in [0.717, 1.165) is 29.2 Å². The van der Waals surface area contributed by atoms with Crippen molar-refractivity contribution in [3.8, 4) is 11.5 Å². The lowest BCUT2D eigenvalue weighted by atomic mass is 9.85. The average molecular weight is 254 g/mol. The minimum Gasteiger partial charge on any atom is -0.493 e. The first-order valence-corrected chi connectivity index (χ1v) is 6.56. The van der Waals surface area contributed by atoms with Gasteiger partial charge in [-0.1, -0.05) is 6.42 Å². The summed E-state index contributed by atoms with van der Waals surface area (Å²) in [6, 6.07) is 5.89. The third-order valence-corrected chi connectivity index (χ3v) is 4.70. The van der Waals surface area contributed by atoms with Crippen LogP contribution in [0.1, 0.15) is 19.3 Å². The van der Waals surface area contributed by atoms with Gasteiger partial charge in [-0.2, -0.15) is 0 Å². The van der Waals surface area contributed by atoms with Crippen molar-refractivity contribution in [3.63, 3.8) is 0 Å². The van der Waals surface area contributed by atoms with Crippen molar-refractivity contribution >= 4 is 11.8 Å². The fraction of sp³-hybridized carbons (Fsp3) is 0.538. The summed E-state index contributed by atoms with van der Waals surface area (Å²) >= 11 is 1.74. The van der Waals surface area contributed by atoms with E-state index >= 15 is 0 Å². The molecule has 1 aliphatic rings. The van der Waals surface area contributed by atoms with Gasteiger partial charge in [-0.05, 0) is 31.0 Å². The van der Waals surface area contributed by atoms with Crippen LogP contribution < -0.4 is 9.47 Å². The standard InChI is InChI=1S/C13H18O3S/c1-15-11-5-4-10(8-12(11)16-2)17-13(9-14)6-3-7-13/h4-5,8,14H,3,6-7,9H2,1-2H3. The number of benzene rings is 1. The van der Waals surface area contributed by atoms with Crippen molar-refractivity contribution < 1.29 is 14.6 Å². The lowest BCUT2D eigenvalue weighted by Crippen LogP contribution is -2.37. The molecular formula is C13H18O3S. The minimum atomic E-state index is 0.0274. The Bertz CT molecular complexity index is 383. The van der Waals surface area contributed by atoms with E-state index in [1.807, 2.05) is 18.2 Å². The van der Waals surface area contributed by atoms with E-state index in [0.29, 0.717) is 0 Å². The Labute approximate surface area is 106 Å². The van der Waals surface area contributed by atoms with Crippen LogP contribution in [0.25, 0.3) is 0 Å². The Balaban J connectivity index is 2.16. The number of ether oxygens (including phenoxy) is 2. The zero-order chi connectivity index (χ0) is 12.3. The molecule has 2 rings (SSSR count). The summed E-state index contributed by atoms with van der Waals surface area (Å²) in [6.07, 6.45) is 3.38. The van der Waals surface area contributed by atoms with Gasteiger partial charge in [-0.15, -0.1) is 11.8 Å². The predicted octanol–water partition coefficient (Wildman–Crippen LogP) is 2.71. The Hall–Kier alpha value is -0.870. The number of rotatable bonds is 5. The molecule has 0 atom stereocenters. The predicted molar refractivity (Wildman–Crippen MR) is 69.1 cm³/mol. The number of hydrogen-bond donors (Lipinski definition) is 1. The molecule has 0 unspecified atom stereocenters. The van der Waals surface area contributed by atoms with Crippen LogP contribution in [0.2, 0.25) is 0 Å². The number of thioether (sulfide) groups is 1. The number of methoxy groups -OCH3 is 2. The Morgan fingerprint density at radius 3 is 2.41 bits per heavy atom. The summed E-state index contributed by atoms with van der Waals surface area (Å²) < 4.78 is 10.5. The monoisotopic (exact) mass is 254 g/mol. The van der Waals surface area contributed by atoms with Crippen LogP contribution in [0, 0.1) is 0 Å². The van der Waals surface area contributed by atoms with Gasteiger partial charge in [0, 0.05) is 9.64 Å². The molecule has 94 valence electrons. The Morgan fingerprint density at radius 2 is 1.94 bits per heavy atom. The van der Waals surface area contributed by atoms with E-state index < -0.39 is 0 Å². The second kappa shape index (κ2) is 5.19. The van der Waals surface area contributed by atoms with Gasteiger partial charge >= 0.3 is 0 Å². The molecule has 1 saturated carbocycles. The fourth-order valence-corrected chi connectivity index (χ4v) is 3.35. The van der Waals surface area contributed by atoms with Crippen molar-refractivity contribution in [2.24, 2.45) is 0 Å². The lowest BCUT2D eigenvalue weighted by molar-refractivity contribution is 0.191. The molecule has 1 N–H and O–H groups in total. The van der Waals surface area contributed by atoms with Crippen LogP contribution in [-0.2, 0) is 0 Å². The molecule has 0 heterocycles. The summed E-state index contributed by atoms with van der Waals surface area (Å²) in [5.74, 6) is 1.48. The molecule has 0 saturated heterocycles. The first-order valence-electron chi connectivity index (χ1n) is 5.75. The molecular weight excluding hydrogens is 236 g/mol. The van der Waals surface area contributed by atoms with Gasteiger partial charge in [0.15, 0.2) is 11.5 Å². The molecule has 1 fully saturated rings. The molecule has 1 aliphatic carbocycles. The van der Waals surface area contributed by atoms with Gasteiger partial charge in [0.05, 0.1) is 20.8 Å². The molecule has 0 amide bonds. The van der Waals surface area contributed by atoms with Crippen LogP contribution >= 0.6 is 11.8 Å². The number of aliphatic hydroxyl groups excluding tert-OH is 1. The second-order valence-corrected chi connectivity index (χ2v) is 5.86. The third-order valence-electron chi connectivity index (χ3n) is 3.24. The molecule has 0 aliphatic heterocycles. The maximum atomic E-state index is 9.45. The zero-order valence-electron chi connectivity index (χ0n) is 10.2. The molecule has 0 bridgehead atoms. The lowest BCUT2D eigenvalue weighted by Gasteiger charge is -2.39. The highest BCUT2D eigenvalue weighted by molar-refractivity contribution is 8.00. The smallest absolute Gasteiger partial charge is 0.161 e. The minimum absolute atomic E-state index is 0.0274. The summed E-state index contributed by atoms with van der Waals surface area (Å²) in [6.45, 7) is 0.242. The summed E-state index contributed by atoms with van der Waals surface area (Å²) in [7, 11) is 3.27. The molecule has 1 aromatic carbocycles. The van der Waals surface area contributed by atoms with E-state index in [4.69, 9.17) is 9.47 Å². The van der Waals surface area contributed by atoms with Gasteiger partial charge in [0.2, 0.25) is 0 Å². The van der Waals surface area contributed by atoms with Crippen LogP contribution in [0.3, 0.4) is 0 Å². The van der Waals surface area contributed by atoms with E-state index in [-0.39, 0.29) is 11.4 Å². The van der Waals surface area contributed by atoms with Crippen molar-refractivity contribution in [2.75, 3.05) is 20.8 Å². The van der Waals surface area contributed by atoms with Crippen molar-refractivity contribution in [1.82, 2.24) is 0 Å². The van der Waals surface area contributed by atoms with E-state index in [1.54, 1.807) is 26.0 Å². The van der Waals surface area contributed by atoms with E-state index in [2.05, 4.69) is 0 Å². The summed E-state index contributed by atoms with van der Waals surface area (Å²) in [5.41, 5.74) is 0. The quantitative estimate of drug-likeness (QED) is 0.877. The van der Waals surface area contributed by atoms with Gasteiger partial charge in [-0.25, -0.2) is 0 Å². The van der Waals surface area contributed by atoms with Gasteiger partial charge in [0.25, 0.3) is 0 Å². The van der Waals surface area contributed by atoms with Crippen molar-refractivity contribution in [2.45, 2.75) is 28.9 Å². The molecule has 4 heteroatoms. The Morgan fingerprint density at radius 1 is 1.24 bits per heavy atom. The molecule has 0 spiro atoms. The average Bonchev–Trinajstić information content (AvgIpc) is 2.33. The number of aliphatic hydroxyl groups is 1. The van der Waals surface area contributed by atoms with Crippen molar-refractivity contribution in [1.29, 1.82) is 0 Å². The highest BCUT2D eigenvalue weighted by Gasteiger charge is 2.37.